The zero-order valence-corrected chi connectivity index (χ0v) is 11.4. The lowest BCUT2D eigenvalue weighted by molar-refractivity contribution is 0.0952. The maximum Gasteiger partial charge on any atom is 0.251 e. The normalized spacial score (nSPS) is 10.4. The van der Waals surface area contributed by atoms with E-state index in [1.807, 2.05) is 6.92 Å². The molecule has 0 atom stereocenters. The fourth-order valence-corrected chi connectivity index (χ4v) is 2.01. The smallest absolute Gasteiger partial charge is 0.251 e. The molecule has 0 radical (unpaired) electrons. The van der Waals surface area contributed by atoms with Crippen molar-refractivity contribution in [3.8, 4) is 0 Å². The van der Waals surface area contributed by atoms with Crippen LogP contribution in [0.3, 0.4) is 0 Å². The van der Waals surface area contributed by atoms with Crippen LogP contribution in [-0.4, -0.2) is 27.6 Å². The second kappa shape index (κ2) is 6.33. The van der Waals surface area contributed by atoms with Crippen molar-refractivity contribution in [3.63, 3.8) is 0 Å². The van der Waals surface area contributed by atoms with Crippen molar-refractivity contribution in [1.29, 1.82) is 0 Å². The van der Waals surface area contributed by atoms with Gasteiger partial charge in [0.1, 0.15) is 12.2 Å². The van der Waals surface area contributed by atoms with E-state index in [0.717, 1.165) is 24.2 Å². The third-order valence-corrected chi connectivity index (χ3v) is 3.01. The Morgan fingerprint density at radius 2 is 2.32 bits per heavy atom. The van der Waals surface area contributed by atoms with E-state index in [9.17, 15) is 4.79 Å². The molecule has 1 aromatic heterocycles. The molecule has 6 heteroatoms. The van der Waals surface area contributed by atoms with Crippen molar-refractivity contribution in [2.45, 2.75) is 19.8 Å². The fraction of sp³-hybridized carbons (Fsp3) is 0.308. The molecule has 19 heavy (non-hydrogen) atoms. The van der Waals surface area contributed by atoms with E-state index in [4.69, 9.17) is 11.6 Å². The summed E-state index contributed by atoms with van der Waals surface area (Å²) in [5.41, 5.74) is 1.53. The predicted molar refractivity (Wildman–Crippen MR) is 73.2 cm³/mol. The molecular weight excluding hydrogens is 264 g/mol. The van der Waals surface area contributed by atoms with Gasteiger partial charge in [0.25, 0.3) is 5.91 Å². The van der Waals surface area contributed by atoms with E-state index in [-0.39, 0.29) is 5.91 Å². The van der Waals surface area contributed by atoms with Crippen LogP contribution in [0.25, 0.3) is 0 Å². The van der Waals surface area contributed by atoms with Gasteiger partial charge in [-0.2, -0.15) is 5.10 Å². The van der Waals surface area contributed by atoms with Gasteiger partial charge < -0.3 is 5.32 Å². The van der Waals surface area contributed by atoms with Crippen molar-refractivity contribution in [2.75, 3.05) is 6.54 Å². The molecule has 0 aliphatic rings. The Morgan fingerprint density at radius 3 is 3.00 bits per heavy atom. The van der Waals surface area contributed by atoms with Gasteiger partial charge in [-0.3, -0.25) is 9.89 Å². The Morgan fingerprint density at radius 1 is 1.47 bits per heavy atom. The summed E-state index contributed by atoms with van der Waals surface area (Å²) < 4.78 is 0. The first-order valence-electron chi connectivity index (χ1n) is 6.05. The first-order valence-corrected chi connectivity index (χ1v) is 6.43. The molecule has 1 amide bonds. The van der Waals surface area contributed by atoms with Gasteiger partial charge >= 0.3 is 0 Å². The fourth-order valence-electron chi connectivity index (χ4n) is 1.79. The molecule has 0 spiro atoms. The molecule has 0 saturated heterocycles. The number of rotatable bonds is 5. The van der Waals surface area contributed by atoms with Crippen LogP contribution in [0, 0.1) is 6.92 Å². The average molecular weight is 279 g/mol. The minimum atomic E-state index is -0.0771. The summed E-state index contributed by atoms with van der Waals surface area (Å²) in [5.74, 6) is 0.753. The number of H-pyrrole nitrogens is 1. The van der Waals surface area contributed by atoms with Gasteiger partial charge in [-0.15, -0.1) is 0 Å². The molecule has 2 rings (SSSR count). The van der Waals surface area contributed by atoms with Crippen LogP contribution in [0.5, 0.6) is 0 Å². The van der Waals surface area contributed by atoms with Crippen LogP contribution in [-0.2, 0) is 6.42 Å². The zero-order chi connectivity index (χ0) is 13.7. The van der Waals surface area contributed by atoms with Crippen molar-refractivity contribution < 1.29 is 4.79 Å². The molecule has 100 valence electrons. The van der Waals surface area contributed by atoms with Gasteiger partial charge in [0.15, 0.2) is 0 Å². The zero-order valence-electron chi connectivity index (χ0n) is 10.6. The highest BCUT2D eigenvalue weighted by Crippen LogP contribution is 2.14. The van der Waals surface area contributed by atoms with Gasteiger partial charge in [-0.05, 0) is 37.1 Å². The number of aryl methyl sites for hydroxylation is 2. The number of aromatic amines is 1. The number of amides is 1. The van der Waals surface area contributed by atoms with Crippen LogP contribution < -0.4 is 5.32 Å². The van der Waals surface area contributed by atoms with Crippen LogP contribution in [0.1, 0.15) is 28.2 Å². The number of nitrogens with one attached hydrogen (secondary N) is 2. The number of benzene rings is 1. The summed E-state index contributed by atoms with van der Waals surface area (Å²) in [7, 11) is 0. The molecule has 1 aromatic carbocycles. The Bertz CT molecular complexity index is 554. The van der Waals surface area contributed by atoms with E-state index < -0.39 is 0 Å². The molecule has 0 aliphatic carbocycles. The second-order valence-corrected chi connectivity index (χ2v) is 4.69. The topological polar surface area (TPSA) is 70.7 Å². The average Bonchev–Trinajstić information content (AvgIpc) is 2.87. The highest BCUT2D eigenvalue weighted by atomic mass is 35.5. The Kier molecular flexibility index (Phi) is 4.52. The molecule has 0 fully saturated rings. The molecule has 5 nitrogen and oxygen atoms in total. The van der Waals surface area contributed by atoms with Crippen LogP contribution >= 0.6 is 11.6 Å². The quantitative estimate of drug-likeness (QED) is 0.823. The number of carbonyl (C=O) groups is 1. The predicted octanol–water partition coefficient (Wildman–Crippen LogP) is 2.13. The minimum absolute atomic E-state index is 0.0771. The van der Waals surface area contributed by atoms with Crippen molar-refractivity contribution in [2.24, 2.45) is 0 Å². The number of hydrogen-bond donors (Lipinski definition) is 2. The number of halogens is 1. The summed E-state index contributed by atoms with van der Waals surface area (Å²) in [6, 6.07) is 5.24. The van der Waals surface area contributed by atoms with Crippen molar-refractivity contribution in [3.05, 3.63) is 46.5 Å². The van der Waals surface area contributed by atoms with E-state index in [0.29, 0.717) is 17.1 Å². The maximum atomic E-state index is 11.9. The standard InChI is InChI=1S/C13H15ClN4O/c1-9-7-10(14)4-5-11(9)13(19)15-6-2-3-12-16-8-17-18-12/h4-5,7-8H,2-3,6H2,1H3,(H,15,19)(H,16,17,18). The molecule has 0 saturated carbocycles. The van der Waals surface area contributed by atoms with Gasteiger partial charge in [-0.25, -0.2) is 4.98 Å². The lowest BCUT2D eigenvalue weighted by Gasteiger charge is -2.07. The maximum absolute atomic E-state index is 11.9. The van der Waals surface area contributed by atoms with Crippen molar-refractivity contribution in [1.82, 2.24) is 20.5 Å². The summed E-state index contributed by atoms with van der Waals surface area (Å²) in [6.45, 7) is 2.47. The van der Waals surface area contributed by atoms with Crippen molar-refractivity contribution >= 4 is 17.5 Å². The van der Waals surface area contributed by atoms with E-state index in [2.05, 4.69) is 20.5 Å². The highest BCUT2D eigenvalue weighted by Gasteiger charge is 2.08. The third-order valence-electron chi connectivity index (χ3n) is 2.77. The third kappa shape index (κ3) is 3.79. The molecule has 0 aliphatic heterocycles. The Labute approximate surface area is 116 Å². The first kappa shape index (κ1) is 13.5. The molecular formula is C13H15ClN4O. The van der Waals surface area contributed by atoms with Crippen LogP contribution in [0.4, 0.5) is 0 Å². The van der Waals surface area contributed by atoms with Gasteiger partial charge in [0.05, 0.1) is 0 Å². The van der Waals surface area contributed by atoms with Gasteiger partial charge in [0, 0.05) is 23.6 Å². The summed E-state index contributed by atoms with van der Waals surface area (Å²) in [4.78, 5) is 16.0. The van der Waals surface area contributed by atoms with E-state index >= 15 is 0 Å². The number of carbonyl (C=O) groups excluding carboxylic acids is 1. The molecule has 2 N–H and O–H groups in total. The van der Waals surface area contributed by atoms with Crippen LogP contribution in [0.2, 0.25) is 5.02 Å². The van der Waals surface area contributed by atoms with Gasteiger partial charge in [0.2, 0.25) is 0 Å². The number of hydrogen-bond acceptors (Lipinski definition) is 3. The monoisotopic (exact) mass is 278 g/mol. The Balaban J connectivity index is 1.81. The number of nitrogens with zero attached hydrogens (tertiary/aromatic N) is 2. The molecule has 1 heterocycles. The first-order chi connectivity index (χ1) is 9.16. The summed E-state index contributed by atoms with van der Waals surface area (Å²) in [5, 5.41) is 10.1. The minimum Gasteiger partial charge on any atom is -0.352 e. The highest BCUT2D eigenvalue weighted by molar-refractivity contribution is 6.30. The summed E-state index contributed by atoms with van der Waals surface area (Å²) in [6.07, 6.45) is 3.05. The molecule has 0 bridgehead atoms. The Hall–Kier alpha value is -1.88. The molecule has 2 aromatic rings. The number of aromatic nitrogens is 3. The lowest BCUT2D eigenvalue weighted by Crippen LogP contribution is -2.25. The largest absolute Gasteiger partial charge is 0.352 e. The van der Waals surface area contributed by atoms with E-state index in [1.165, 1.54) is 6.33 Å². The summed E-state index contributed by atoms with van der Waals surface area (Å²) >= 11 is 5.86. The molecule has 0 unspecified atom stereocenters. The SMILES string of the molecule is Cc1cc(Cl)ccc1C(=O)NCCCc1ncn[nH]1. The van der Waals surface area contributed by atoms with Gasteiger partial charge in [-0.1, -0.05) is 11.6 Å². The van der Waals surface area contributed by atoms with E-state index in [1.54, 1.807) is 18.2 Å². The second-order valence-electron chi connectivity index (χ2n) is 4.25. The van der Waals surface area contributed by atoms with Crippen LogP contribution in [0.15, 0.2) is 24.5 Å². The lowest BCUT2D eigenvalue weighted by atomic mass is 10.1.